The highest BCUT2D eigenvalue weighted by molar-refractivity contribution is 5.81. The second-order valence-corrected chi connectivity index (χ2v) is 5.79. The van der Waals surface area contributed by atoms with Gasteiger partial charge in [0.2, 0.25) is 0 Å². The molecule has 0 amide bonds. The maximum Gasteiger partial charge on any atom is 0.122 e. The standard InChI is InChI=1S/C19H19NO2/c1-21-17-5-6-18-15(12-17)11-16(20-18)4-2-13-3-7-19-14(10-13)8-9-22-19/h3,5-7,10-12,20H,2,4,8-9H2,1H3. The minimum atomic E-state index is 0.822. The first kappa shape index (κ1) is 13.3. The molecule has 1 aliphatic rings. The summed E-state index contributed by atoms with van der Waals surface area (Å²) < 4.78 is 10.8. The van der Waals surface area contributed by atoms with Crippen molar-refractivity contribution in [2.45, 2.75) is 19.3 Å². The van der Waals surface area contributed by atoms with E-state index in [1.165, 1.54) is 22.2 Å². The number of H-pyrrole nitrogens is 1. The molecule has 112 valence electrons. The predicted octanol–water partition coefficient (Wildman–Crippen LogP) is 3.90. The Morgan fingerprint density at radius 1 is 1.09 bits per heavy atom. The fourth-order valence-electron chi connectivity index (χ4n) is 3.11. The molecule has 0 bridgehead atoms. The molecule has 2 aromatic carbocycles. The number of aromatic nitrogens is 1. The molecule has 0 radical (unpaired) electrons. The summed E-state index contributed by atoms with van der Waals surface area (Å²) in [6.45, 7) is 0.822. The van der Waals surface area contributed by atoms with E-state index in [0.29, 0.717) is 0 Å². The Hall–Kier alpha value is -2.42. The van der Waals surface area contributed by atoms with Crippen molar-refractivity contribution in [1.29, 1.82) is 0 Å². The molecule has 3 nitrogen and oxygen atoms in total. The monoisotopic (exact) mass is 293 g/mol. The molecule has 0 saturated heterocycles. The van der Waals surface area contributed by atoms with E-state index in [2.05, 4.69) is 41.4 Å². The van der Waals surface area contributed by atoms with Gasteiger partial charge in [0, 0.05) is 23.0 Å². The van der Waals surface area contributed by atoms with E-state index in [0.717, 1.165) is 42.9 Å². The van der Waals surface area contributed by atoms with Gasteiger partial charge < -0.3 is 14.5 Å². The van der Waals surface area contributed by atoms with Gasteiger partial charge >= 0.3 is 0 Å². The molecule has 2 heterocycles. The smallest absolute Gasteiger partial charge is 0.122 e. The van der Waals surface area contributed by atoms with Crippen LogP contribution in [0.3, 0.4) is 0 Å². The fraction of sp³-hybridized carbons (Fsp3) is 0.263. The lowest BCUT2D eigenvalue weighted by molar-refractivity contribution is 0.357. The molecule has 1 aromatic heterocycles. The molecule has 0 saturated carbocycles. The summed E-state index contributed by atoms with van der Waals surface area (Å²) >= 11 is 0. The zero-order chi connectivity index (χ0) is 14.9. The zero-order valence-electron chi connectivity index (χ0n) is 12.7. The molecule has 3 heteroatoms. The summed E-state index contributed by atoms with van der Waals surface area (Å²) in [6, 6.07) is 14.9. The molecule has 0 fully saturated rings. The molecule has 3 aromatic rings. The van der Waals surface area contributed by atoms with Gasteiger partial charge in [-0.05, 0) is 54.3 Å². The van der Waals surface area contributed by atoms with Gasteiger partial charge in [-0.2, -0.15) is 0 Å². The second kappa shape index (κ2) is 5.41. The van der Waals surface area contributed by atoms with Gasteiger partial charge in [-0.15, -0.1) is 0 Å². The number of hydrogen-bond acceptors (Lipinski definition) is 2. The number of ether oxygens (including phenoxy) is 2. The van der Waals surface area contributed by atoms with Crippen molar-refractivity contribution < 1.29 is 9.47 Å². The minimum Gasteiger partial charge on any atom is -0.497 e. The highest BCUT2D eigenvalue weighted by Crippen LogP contribution is 2.27. The number of nitrogens with one attached hydrogen (secondary N) is 1. The van der Waals surface area contributed by atoms with Gasteiger partial charge in [0.05, 0.1) is 13.7 Å². The van der Waals surface area contributed by atoms with E-state index in [-0.39, 0.29) is 0 Å². The van der Waals surface area contributed by atoms with E-state index in [4.69, 9.17) is 9.47 Å². The van der Waals surface area contributed by atoms with E-state index in [1.807, 2.05) is 6.07 Å². The SMILES string of the molecule is COc1ccc2[nH]c(CCc3ccc4c(c3)CCO4)cc2c1. The maximum atomic E-state index is 5.56. The molecule has 0 atom stereocenters. The number of fused-ring (bicyclic) bond motifs is 2. The lowest BCUT2D eigenvalue weighted by Gasteiger charge is -2.03. The highest BCUT2D eigenvalue weighted by atomic mass is 16.5. The maximum absolute atomic E-state index is 5.56. The zero-order valence-corrected chi connectivity index (χ0v) is 12.7. The van der Waals surface area contributed by atoms with Crippen LogP contribution < -0.4 is 9.47 Å². The fourth-order valence-corrected chi connectivity index (χ4v) is 3.11. The van der Waals surface area contributed by atoms with Crippen molar-refractivity contribution in [2.24, 2.45) is 0 Å². The molecular weight excluding hydrogens is 274 g/mol. The van der Waals surface area contributed by atoms with Crippen molar-refractivity contribution in [3.05, 3.63) is 59.3 Å². The van der Waals surface area contributed by atoms with Crippen LogP contribution >= 0.6 is 0 Å². The Labute approximate surface area is 129 Å². The van der Waals surface area contributed by atoms with Crippen LogP contribution in [-0.2, 0) is 19.3 Å². The molecule has 1 aliphatic heterocycles. The Kier molecular flexibility index (Phi) is 3.26. The third-order valence-corrected chi connectivity index (χ3v) is 4.32. The van der Waals surface area contributed by atoms with Gasteiger partial charge in [0.25, 0.3) is 0 Å². The van der Waals surface area contributed by atoms with Crippen LogP contribution in [0.1, 0.15) is 16.8 Å². The van der Waals surface area contributed by atoms with Crippen LogP contribution in [0.4, 0.5) is 0 Å². The summed E-state index contributed by atoms with van der Waals surface area (Å²) in [5, 5.41) is 1.21. The molecule has 4 rings (SSSR count). The summed E-state index contributed by atoms with van der Waals surface area (Å²) in [4.78, 5) is 3.49. The molecule has 0 unspecified atom stereocenters. The van der Waals surface area contributed by atoms with Gasteiger partial charge in [-0.1, -0.05) is 12.1 Å². The van der Waals surface area contributed by atoms with Crippen molar-refractivity contribution in [3.8, 4) is 11.5 Å². The molecule has 0 aliphatic carbocycles. The third kappa shape index (κ3) is 2.43. The Morgan fingerprint density at radius 3 is 2.95 bits per heavy atom. The van der Waals surface area contributed by atoms with Gasteiger partial charge in [-0.3, -0.25) is 0 Å². The van der Waals surface area contributed by atoms with E-state index in [9.17, 15) is 0 Å². The Morgan fingerprint density at radius 2 is 2.05 bits per heavy atom. The number of hydrogen-bond donors (Lipinski definition) is 1. The second-order valence-electron chi connectivity index (χ2n) is 5.79. The molecule has 22 heavy (non-hydrogen) atoms. The average Bonchev–Trinajstić information content (AvgIpc) is 3.17. The normalized spacial score (nSPS) is 13.1. The minimum absolute atomic E-state index is 0.822. The van der Waals surface area contributed by atoms with Crippen LogP contribution in [-0.4, -0.2) is 18.7 Å². The molecule has 1 N–H and O–H groups in total. The lowest BCUT2D eigenvalue weighted by Crippen LogP contribution is -1.92. The summed E-state index contributed by atoms with van der Waals surface area (Å²) in [5.41, 5.74) is 5.15. The Balaban J connectivity index is 1.51. The van der Waals surface area contributed by atoms with Crippen molar-refractivity contribution in [2.75, 3.05) is 13.7 Å². The van der Waals surface area contributed by atoms with E-state index in [1.54, 1.807) is 7.11 Å². The Bertz CT molecular complexity index is 819. The van der Waals surface area contributed by atoms with Gasteiger partial charge in [-0.25, -0.2) is 0 Å². The number of rotatable bonds is 4. The average molecular weight is 293 g/mol. The van der Waals surface area contributed by atoms with Crippen LogP contribution in [0, 0.1) is 0 Å². The van der Waals surface area contributed by atoms with Crippen LogP contribution in [0.2, 0.25) is 0 Å². The third-order valence-electron chi connectivity index (χ3n) is 4.32. The number of aryl methyl sites for hydroxylation is 2. The van der Waals surface area contributed by atoms with Gasteiger partial charge in [0.15, 0.2) is 0 Å². The van der Waals surface area contributed by atoms with Crippen LogP contribution in [0.5, 0.6) is 11.5 Å². The van der Waals surface area contributed by atoms with E-state index >= 15 is 0 Å². The van der Waals surface area contributed by atoms with Crippen molar-refractivity contribution in [3.63, 3.8) is 0 Å². The first-order valence-electron chi connectivity index (χ1n) is 7.72. The lowest BCUT2D eigenvalue weighted by atomic mass is 10.0. The summed E-state index contributed by atoms with van der Waals surface area (Å²) in [7, 11) is 1.70. The molecule has 0 spiro atoms. The van der Waals surface area contributed by atoms with Crippen molar-refractivity contribution >= 4 is 10.9 Å². The number of methoxy groups -OCH3 is 1. The van der Waals surface area contributed by atoms with E-state index < -0.39 is 0 Å². The number of benzene rings is 2. The summed E-state index contributed by atoms with van der Waals surface area (Å²) in [6.07, 6.45) is 3.09. The first-order valence-corrected chi connectivity index (χ1v) is 7.72. The van der Waals surface area contributed by atoms with Crippen LogP contribution in [0.25, 0.3) is 10.9 Å². The van der Waals surface area contributed by atoms with Crippen molar-refractivity contribution in [1.82, 2.24) is 4.98 Å². The topological polar surface area (TPSA) is 34.2 Å². The molecular formula is C19H19NO2. The van der Waals surface area contributed by atoms with Gasteiger partial charge in [0.1, 0.15) is 11.5 Å². The quantitative estimate of drug-likeness (QED) is 0.791. The van der Waals surface area contributed by atoms with Crippen LogP contribution in [0.15, 0.2) is 42.5 Å². The number of aromatic amines is 1. The first-order chi connectivity index (χ1) is 10.8. The largest absolute Gasteiger partial charge is 0.497 e. The predicted molar refractivity (Wildman–Crippen MR) is 87.9 cm³/mol. The highest BCUT2D eigenvalue weighted by Gasteiger charge is 2.12. The summed E-state index contributed by atoms with van der Waals surface area (Å²) in [5.74, 6) is 1.96.